The number of pyridine rings is 1. The van der Waals surface area contributed by atoms with Gasteiger partial charge in [-0.25, -0.2) is 9.97 Å². The van der Waals surface area contributed by atoms with Gasteiger partial charge in [0.1, 0.15) is 23.7 Å². The van der Waals surface area contributed by atoms with Crippen molar-refractivity contribution in [3.63, 3.8) is 0 Å². The van der Waals surface area contributed by atoms with Crippen LogP contribution in [0.3, 0.4) is 0 Å². The fourth-order valence-electron chi connectivity index (χ4n) is 3.87. The molecule has 0 saturated carbocycles. The molecular weight excluding hydrogens is 418 g/mol. The molecule has 0 amide bonds. The molecule has 0 radical (unpaired) electrons. The Labute approximate surface area is 192 Å². The largest absolute Gasteiger partial charge is 0.489 e. The Hall–Kier alpha value is -3.67. The fraction of sp³-hybridized carbons (Fsp3) is 0.320. The molecule has 2 aromatic heterocycles. The third-order valence-corrected chi connectivity index (χ3v) is 5.29. The smallest absolute Gasteiger partial charge is 0.152 e. The summed E-state index contributed by atoms with van der Waals surface area (Å²) in [4.78, 5) is 9.29. The number of aromatic nitrogens is 3. The van der Waals surface area contributed by atoms with E-state index in [1.807, 2.05) is 34.9 Å². The van der Waals surface area contributed by atoms with E-state index in [9.17, 15) is 5.11 Å². The molecule has 8 heteroatoms. The molecule has 3 N–H and O–H groups in total. The summed E-state index contributed by atoms with van der Waals surface area (Å²) in [6, 6.07) is 15.1. The number of aliphatic hydroxyl groups is 1. The van der Waals surface area contributed by atoms with E-state index in [0.717, 1.165) is 22.3 Å². The molecule has 0 aliphatic carbocycles. The van der Waals surface area contributed by atoms with Gasteiger partial charge in [-0.15, -0.1) is 0 Å². The maximum absolute atomic E-state index is 10.5. The zero-order chi connectivity index (χ0) is 23.6. The number of hydrogen-bond acceptors (Lipinski definition) is 7. The molecule has 0 aliphatic rings. The van der Waals surface area contributed by atoms with E-state index < -0.39 is 5.60 Å². The lowest BCUT2D eigenvalue weighted by molar-refractivity contribution is 0.0615. The third-order valence-electron chi connectivity index (χ3n) is 5.29. The number of anilines is 1. The molecule has 0 unspecified atom stereocenters. The number of nitrogens with zero attached hydrogens (tertiary/aromatic N) is 4. The SMILES string of the molecule is COCCc1nc2c(N)nc3cc(OCc4cccc(C#N)c4)ccc3c2n1CC(C)(C)O. The van der Waals surface area contributed by atoms with Gasteiger partial charge in [-0.3, -0.25) is 0 Å². The van der Waals surface area contributed by atoms with Gasteiger partial charge < -0.3 is 24.9 Å². The van der Waals surface area contributed by atoms with Crippen molar-refractivity contribution >= 4 is 27.8 Å². The van der Waals surface area contributed by atoms with Crippen LogP contribution in [0.25, 0.3) is 21.9 Å². The van der Waals surface area contributed by atoms with Crippen LogP contribution >= 0.6 is 0 Å². The van der Waals surface area contributed by atoms with Gasteiger partial charge in [-0.05, 0) is 43.7 Å². The number of rotatable bonds is 8. The lowest BCUT2D eigenvalue weighted by atomic mass is 10.1. The van der Waals surface area contributed by atoms with Crippen molar-refractivity contribution < 1.29 is 14.6 Å². The third kappa shape index (κ3) is 4.90. The standard InChI is InChI=1S/C25H27N5O3/c1-25(2,31)15-30-21(9-10-32-3)29-22-23(30)19-8-7-18(12-20(19)28-24(22)27)33-14-17-6-4-5-16(11-17)13-26/h4-8,11-12,31H,9-10,14-15H2,1-3H3,(H2,27,28). The predicted molar refractivity (Wildman–Crippen MR) is 127 cm³/mol. The van der Waals surface area contributed by atoms with Gasteiger partial charge in [0.25, 0.3) is 0 Å². The van der Waals surface area contributed by atoms with E-state index in [-0.39, 0.29) is 0 Å². The van der Waals surface area contributed by atoms with Crippen LogP contribution in [0, 0.1) is 11.3 Å². The zero-order valence-electron chi connectivity index (χ0n) is 19.0. The molecule has 0 bridgehead atoms. The van der Waals surface area contributed by atoms with Crippen molar-refractivity contribution in [2.45, 2.75) is 39.0 Å². The van der Waals surface area contributed by atoms with Crippen LogP contribution in [0.2, 0.25) is 0 Å². The van der Waals surface area contributed by atoms with Gasteiger partial charge in [0, 0.05) is 25.0 Å². The van der Waals surface area contributed by atoms with Crippen LogP contribution in [-0.2, 0) is 24.3 Å². The fourth-order valence-corrected chi connectivity index (χ4v) is 3.87. The first kappa shape index (κ1) is 22.5. The number of imidazole rings is 1. The van der Waals surface area contributed by atoms with E-state index in [1.165, 1.54) is 0 Å². The minimum absolute atomic E-state index is 0.324. The second-order valence-electron chi connectivity index (χ2n) is 8.64. The Balaban J connectivity index is 1.75. The topological polar surface area (TPSA) is 119 Å². The van der Waals surface area contributed by atoms with Crippen molar-refractivity contribution in [3.05, 3.63) is 59.4 Å². The van der Waals surface area contributed by atoms with Crippen LogP contribution in [0.4, 0.5) is 5.82 Å². The first-order chi connectivity index (χ1) is 15.8. The first-order valence-electron chi connectivity index (χ1n) is 10.7. The lowest BCUT2D eigenvalue weighted by Crippen LogP contribution is -2.27. The Morgan fingerprint density at radius 1 is 1.18 bits per heavy atom. The number of hydrogen-bond donors (Lipinski definition) is 2. The molecule has 0 spiro atoms. The molecule has 4 rings (SSSR count). The number of nitrogens with two attached hydrogens (primary N) is 1. The summed E-state index contributed by atoms with van der Waals surface area (Å²) in [6.45, 7) is 4.72. The van der Waals surface area contributed by atoms with Crippen molar-refractivity contribution in [3.8, 4) is 11.8 Å². The Morgan fingerprint density at radius 3 is 2.73 bits per heavy atom. The van der Waals surface area contributed by atoms with E-state index in [0.29, 0.717) is 54.3 Å². The number of ether oxygens (including phenoxy) is 2. The highest BCUT2D eigenvalue weighted by atomic mass is 16.5. The number of fused-ring (bicyclic) bond motifs is 3. The van der Waals surface area contributed by atoms with Crippen molar-refractivity contribution in [1.82, 2.24) is 14.5 Å². The molecule has 4 aromatic rings. The maximum Gasteiger partial charge on any atom is 0.152 e. The molecule has 8 nitrogen and oxygen atoms in total. The molecule has 0 fully saturated rings. The summed E-state index contributed by atoms with van der Waals surface area (Å²) < 4.78 is 13.2. The zero-order valence-corrected chi connectivity index (χ0v) is 19.0. The summed E-state index contributed by atoms with van der Waals surface area (Å²) in [5.74, 6) is 1.75. The number of benzene rings is 2. The van der Waals surface area contributed by atoms with Gasteiger partial charge in [-0.1, -0.05) is 12.1 Å². The highest BCUT2D eigenvalue weighted by molar-refractivity contribution is 6.07. The van der Waals surface area contributed by atoms with Crippen LogP contribution in [-0.4, -0.2) is 39.0 Å². The van der Waals surface area contributed by atoms with Crippen molar-refractivity contribution in [1.29, 1.82) is 5.26 Å². The Morgan fingerprint density at radius 2 is 2.00 bits per heavy atom. The van der Waals surface area contributed by atoms with Gasteiger partial charge in [0.05, 0.1) is 41.4 Å². The molecule has 2 aromatic carbocycles. The van der Waals surface area contributed by atoms with Gasteiger partial charge in [0.2, 0.25) is 0 Å². The van der Waals surface area contributed by atoms with Gasteiger partial charge >= 0.3 is 0 Å². The maximum atomic E-state index is 10.5. The molecule has 0 saturated heterocycles. The summed E-state index contributed by atoms with van der Waals surface area (Å²) in [7, 11) is 1.65. The minimum atomic E-state index is -0.944. The summed E-state index contributed by atoms with van der Waals surface area (Å²) in [5, 5.41) is 20.5. The van der Waals surface area contributed by atoms with Gasteiger partial charge in [-0.2, -0.15) is 5.26 Å². The Bertz CT molecular complexity index is 1350. The second kappa shape index (κ2) is 9.06. The second-order valence-corrected chi connectivity index (χ2v) is 8.64. The highest BCUT2D eigenvalue weighted by Gasteiger charge is 2.22. The average Bonchev–Trinajstić information content (AvgIpc) is 3.13. The van der Waals surface area contributed by atoms with E-state index in [1.54, 1.807) is 33.1 Å². The molecule has 170 valence electrons. The number of methoxy groups -OCH3 is 1. The molecule has 2 heterocycles. The van der Waals surface area contributed by atoms with E-state index in [4.69, 9.17) is 25.5 Å². The quantitative estimate of drug-likeness (QED) is 0.425. The lowest BCUT2D eigenvalue weighted by Gasteiger charge is -2.20. The van der Waals surface area contributed by atoms with Crippen molar-refractivity contribution in [2.24, 2.45) is 0 Å². The monoisotopic (exact) mass is 445 g/mol. The number of nitriles is 1. The average molecular weight is 446 g/mol. The van der Waals surface area contributed by atoms with Crippen LogP contribution in [0.5, 0.6) is 5.75 Å². The number of nitrogen functional groups attached to an aromatic ring is 1. The van der Waals surface area contributed by atoms with Gasteiger partial charge in [0.15, 0.2) is 5.82 Å². The van der Waals surface area contributed by atoms with Crippen LogP contribution < -0.4 is 10.5 Å². The first-order valence-corrected chi connectivity index (χ1v) is 10.7. The normalized spacial score (nSPS) is 11.7. The summed E-state index contributed by atoms with van der Waals surface area (Å²) in [6.07, 6.45) is 0.588. The van der Waals surface area contributed by atoms with E-state index in [2.05, 4.69) is 11.1 Å². The Kier molecular flexibility index (Phi) is 6.18. The highest BCUT2D eigenvalue weighted by Crippen LogP contribution is 2.32. The van der Waals surface area contributed by atoms with Crippen LogP contribution in [0.1, 0.15) is 30.8 Å². The minimum Gasteiger partial charge on any atom is -0.489 e. The van der Waals surface area contributed by atoms with Crippen LogP contribution in [0.15, 0.2) is 42.5 Å². The molecular formula is C25H27N5O3. The molecule has 0 atom stereocenters. The summed E-state index contributed by atoms with van der Waals surface area (Å²) >= 11 is 0. The predicted octanol–water partition coefficient (Wildman–Crippen LogP) is 3.58. The summed E-state index contributed by atoms with van der Waals surface area (Å²) in [5.41, 5.74) is 8.97. The van der Waals surface area contributed by atoms with E-state index >= 15 is 0 Å². The molecule has 33 heavy (non-hydrogen) atoms. The molecule has 0 aliphatic heterocycles. The van der Waals surface area contributed by atoms with Crippen molar-refractivity contribution in [2.75, 3.05) is 19.5 Å².